The zero-order chi connectivity index (χ0) is 15.5. The second kappa shape index (κ2) is 6.39. The Morgan fingerprint density at radius 3 is 2.95 bits per heavy atom. The van der Waals surface area contributed by atoms with Crippen LogP contribution >= 0.6 is 23.1 Å². The molecule has 12 heteroatoms. The third-order valence-corrected chi connectivity index (χ3v) is 3.81. The zero-order valence-corrected chi connectivity index (χ0v) is 12.2. The lowest BCUT2D eigenvalue weighted by atomic mass is 10.6. The summed E-state index contributed by atoms with van der Waals surface area (Å²) in [5.74, 6) is 0.0617. The molecule has 0 radical (unpaired) electrons. The van der Waals surface area contributed by atoms with Crippen molar-refractivity contribution in [2.45, 2.75) is 30.6 Å². The zero-order valence-electron chi connectivity index (χ0n) is 10.6. The fourth-order valence-corrected chi connectivity index (χ4v) is 2.92. The number of alkyl halides is 3. The first kappa shape index (κ1) is 15.7. The third kappa shape index (κ3) is 4.97. The van der Waals surface area contributed by atoms with Gasteiger partial charge in [-0.1, -0.05) is 11.8 Å². The summed E-state index contributed by atoms with van der Waals surface area (Å²) < 4.78 is 37.6. The van der Waals surface area contributed by atoms with E-state index in [0.717, 1.165) is 11.8 Å². The molecule has 0 aliphatic carbocycles. The van der Waals surface area contributed by atoms with E-state index < -0.39 is 12.7 Å². The number of halogens is 3. The van der Waals surface area contributed by atoms with Gasteiger partial charge in [-0.2, -0.15) is 13.2 Å². The van der Waals surface area contributed by atoms with Gasteiger partial charge in [0.25, 0.3) is 0 Å². The third-order valence-electron chi connectivity index (χ3n) is 2.01. The topological polar surface area (TPSA) is 85.6 Å². The molecule has 0 bridgehead atoms. The number of carbonyl (C=O) groups is 1. The first-order valence-corrected chi connectivity index (χ1v) is 7.38. The van der Waals surface area contributed by atoms with Crippen LogP contribution in [-0.2, 0) is 17.1 Å². The molecule has 2 rings (SSSR count). The van der Waals surface area contributed by atoms with E-state index in [4.69, 9.17) is 0 Å². The molecule has 1 N–H and O–H groups in total. The molecule has 2 aromatic rings. The summed E-state index contributed by atoms with van der Waals surface area (Å²) in [7, 11) is 0. The van der Waals surface area contributed by atoms with E-state index in [1.54, 1.807) is 5.38 Å². The van der Waals surface area contributed by atoms with E-state index in [0.29, 0.717) is 21.3 Å². The molecule has 1 amide bonds. The summed E-state index contributed by atoms with van der Waals surface area (Å²) in [6.45, 7) is 0.123. The molecule has 0 fully saturated rings. The Kier molecular flexibility index (Phi) is 4.77. The van der Waals surface area contributed by atoms with Crippen LogP contribution < -0.4 is 5.32 Å². The van der Waals surface area contributed by atoms with Gasteiger partial charge in [0.05, 0.1) is 5.69 Å². The Morgan fingerprint density at radius 1 is 1.52 bits per heavy atom. The molecular weight excluding hydrogens is 329 g/mol. The van der Waals surface area contributed by atoms with Gasteiger partial charge in [0.2, 0.25) is 11.1 Å². The molecule has 2 heterocycles. The van der Waals surface area contributed by atoms with Crippen molar-refractivity contribution < 1.29 is 18.0 Å². The van der Waals surface area contributed by atoms with E-state index in [2.05, 4.69) is 25.8 Å². The molecule has 0 spiro atoms. The normalized spacial score (nSPS) is 11.6. The van der Waals surface area contributed by atoms with Crippen molar-refractivity contribution in [2.75, 3.05) is 5.32 Å². The molecule has 0 aliphatic rings. The van der Waals surface area contributed by atoms with Crippen LogP contribution in [0.4, 0.5) is 18.3 Å². The van der Waals surface area contributed by atoms with Crippen molar-refractivity contribution in [3.05, 3.63) is 11.1 Å². The highest BCUT2D eigenvalue weighted by molar-refractivity contribution is 7.98. The number of amides is 1. The van der Waals surface area contributed by atoms with Crippen molar-refractivity contribution in [3.63, 3.8) is 0 Å². The van der Waals surface area contributed by atoms with Gasteiger partial charge in [-0.15, -0.1) is 16.4 Å². The fraction of sp³-hybridized carbons (Fsp3) is 0.444. The number of rotatable bonds is 5. The largest absolute Gasteiger partial charge is 0.408 e. The monoisotopic (exact) mass is 338 g/mol. The van der Waals surface area contributed by atoms with E-state index in [-0.39, 0.29) is 11.1 Å². The Labute approximate surface area is 124 Å². The standard InChI is InChI=1S/C9H9F3N6OS2/c1-5(19)13-7-14-6(2-20-7)3-21-8-15-16-17-18(8)4-9(10,11)12/h2H,3-4H2,1H3,(H,13,14,19). The second-order valence-corrected chi connectivity index (χ2v) is 5.65. The van der Waals surface area contributed by atoms with Crippen LogP contribution in [0.3, 0.4) is 0 Å². The molecule has 2 aromatic heterocycles. The van der Waals surface area contributed by atoms with Gasteiger partial charge in [0.15, 0.2) is 5.13 Å². The molecule has 0 saturated heterocycles. The minimum absolute atomic E-state index is 0.0569. The first-order valence-electron chi connectivity index (χ1n) is 5.51. The van der Waals surface area contributed by atoms with Crippen molar-refractivity contribution in [1.82, 2.24) is 25.2 Å². The summed E-state index contributed by atoms with van der Waals surface area (Å²) in [4.78, 5) is 15.0. The predicted molar refractivity (Wildman–Crippen MR) is 69.9 cm³/mol. The van der Waals surface area contributed by atoms with E-state index in [9.17, 15) is 18.0 Å². The van der Waals surface area contributed by atoms with Gasteiger partial charge in [0.1, 0.15) is 6.54 Å². The van der Waals surface area contributed by atoms with Crippen molar-refractivity contribution in [1.29, 1.82) is 0 Å². The van der Waals surface area contributed by atoms with E-state index in [1.165, 1.54) is 18.3 Å². The van der Waals surface area contributed by atoms with Crippen molar-refractivity contribution in [2.24, 2.45) is 0 Å². The summed E-state index contributed by atoms with van der Waals surface area (Å²) in [5, 5.41) is 14.8. The average Bonchev–Trinajstić information content (AvgIpc) is 2.93. The summed E-state index contributed by atoms with van der Waals surface area (Å²) in [5.41, 5.74) is 0.621. The maximum atomic E-state index is 12.3. The summed E-state index contributed by atoms with van der Waals surface area (Å²) in [6.07, 6.45) is -4.39. The maximum absolute atomic E-state index is 12.3. The van der Waals surface area contributed by atoms with Crippen molar-refractivity contribution in [3.8, 4) is 0 Å². The number of thiazole rings is 1. The Bertz CT molecular complexity index is 625. The highest BCUT2D eigenvalue weighted by Gasteiger charge is 2.30. The van der Waals surface area contributed by atoms with Gasteiger partial charge < -0.3 is 5.32 Å². The number of nitrogens with one attached hydrogen (secondary N) is 1. The number of tetrazole rings is 1. The number of hydrogen-bond donors (Lipinski definition) is 1. The Morgan fingerprint density at radius 2 is 2.29 bits per heavy atom. The summed E-state index contributed by atoms with van der Waals surface area (Å²) in [6, 6.07) is 0. The van der Waals surface area contributed by atoms with Crippen LogP contribution in [0.25, 0.3) is 0 Å². The quantitative estimate of drug-likeness (QED) is 0.839. The van der Waals surface area contributed by atoms with Crippen LogP contribution in [0.15, 0.2) is 10.5 Å². The minimum Gasteiger partial charge on any atom is -0.302 e. The molecule has 0 aliphatic heterocycles. The van der Waals surface area contributed by atoms with E-state index in [1.807, 2.05) is 0 Å². The van der Waals surface area contributed by atoms with Gasteiger partial charge in [-0.3, -0.25) is 4.79 Å². The first-order chi connectivity index (χ1) is 9.83. The number of nitrogens with zero attached hydrogens (tertiary/aromatic N) is 5. The average molecular weight is 338 g/mol. The van der Waals surface area contributed by atoms with Gasteiger partial charge in [-0.25, -0.2) is 9.67 Å². The lowest BCUT2D eigenvalue weighted by Gasteiger charge is -2.06. The molecule has 0 aromatic carbocycles. The number of anilines is 1. The smallest absolute Gasteiger partial charge is 0.302 e. The van der Waals surface area contributed by atoms with Crippen LogP contribution in [0.5, 0.6) is 0 Å². The van der Waals surface area contributed by atoms with Crippen LogP contribution in [-0.4, -0.2) is 37.3 Å². The predicted octanol–water partition coefficient (Wildman–Crippen LogP) is 1.94. The molecule has 114 valence electrons. The molecule has 7 nitrogen and oxygen atoms in total. The number of hydrogen-bond acceptors (Lipinski definition) is 7. The van der Waals surface area contributed by atoms with Crippen molar-refractivity contribution >= 4 is 34.1 Å². The van der Waals surface area contributed by atoms with Gasteiger partial charge >= 0.3 is 6.18 Å². The molecule has 0 unspecified atom stereocenters. The molecule has 21 heavy (non-hydrogen) atoms. The van der Waals surface area contributed by atoms with Gasteiger partial charge in [-0.05, 0) is 10.4 Å². The van der Waals surface area contributed by atoms with Gasteiger partial charge in [0, 0.05) is 18.1 Å². The Balaban J connectivity index is 1.96. The lowest BCUT2D eigenvalue weighted by molar-refractivity contribution is -0.144. The minimum atomic E-state index is -4.39. The number of carbonyl (C=O) groups excluding carboxylic acids is 1. The van der Waals surface area contributed by atoms with Crippen LogP contribution in [0.2, 0.25) is 0 Å². The van der Waals surface area contributed by atoms with Crippen LogP contribution in [0, 0.1) is 0 Å². The fourth-order valence-electron chi connectivity index (χ4n) is 1.29. The van der Waals surface area contributed by atoms with E-state index >= 15 is 0 Å². The number of thioether (sulfide) groups is 1. The number of aromatic nitrogens is 5. The van der Waals surface area contributed by atoms with Crippen LogP contribution in [0.1, 0.15) is 12.6 Å². The summed E-state index contributed by atoms with van der Waals surface area (Å²) >= 11 is 2.27. The molecule has 0 saturated carbocycles. The SMILES string of the molecule is CC(=O)Nc1nc(CSc2nnnn2CC(F)(F)F)cs1. The highest BCUT2D eigenvalue weighted by atomic mass is 32.2. The highest BCUT2D eigenvalue weighted by Crippen LogP contribution is 2.25. The molecule has 0 atom stereocenters. The Hall–Kier alpha value is -1.69. The lowest BCUT2D eigenvalue weighted by Crippen LogP contribution is -2.19. The maximum Gasteiger partial charge on any atom is 0.408 e. The molecular formula is C9H9F3N6OS2. The second-order valence-electron chi connectivity index (χ2n) is 3.85.